The van der Waals surface area contributed by atoms with Gasteiger partial charge in [0.2, 0.25) is 0 Å². The number of nitrogens with zero attached hydrogens (tertiary/aromatic N) is 2. The standard InChI is InChI=1S/C20H27N3OS/c1-15-9-13-23(14-10-15)12-6-11-21-19(24)18-16(2)22-20(25-18)17-7-4-3-5-8-17/h3-5,7-8,15H,6,9-14H2,1-2H3,(H,21,24). The fraction of sp³-hybridized carbons (Fsp3) is 0.500. The molecule has 1 saturated heterocycles. The smallest absolute Gasteiger partial charge is 0.263 e. The lowest BCUT2D eigenvalue weighted by molar-refractivity contribution is 0.0954. The number of rotatable bonds is 6. The highest BCUT2D eigenvalue weighted by Crippen LogP contribution is 2.27. The fourth-order valence-corrected chi connectivity index (χ4v) is 4.17. The summed E-state index contributed by atoms with van der Waals surface area (Å²) in [5, 5.41) is 3.97. The summed E-state index contributed by atoms with van der Waals surface area (Å²) in [6, 6.07) is 10.0. The number of piperidine rings is 1. The van der Waals surface area contributed by atoms with Gasteiger partial charge in [0.05, 0.1) is 5.69 Å². The lowest BCUT2D eigenvalue weighted by Crippen LogP contribution is -2.35. The van der Waals surface area contributed by atoms with Crippen LogP contribution in [0.2, 0.25) is 0 Å². The van der Waals surface area contributed by atoms with E-state index < -0.39 is 0 Å². The highest BCUT2D eigenvalue weighted by atomic mass is 32.1. The molecule has 1 amide bonds. The van der Waals surface area contributed by atoms with E-state index in [0.29, 0.717) is 0 Å². The van der Waals surface area contributed by atoms with E-state index >= 15 is 0 Å². The molecular formula is C20H27N3OS. The number of nitrogens with one attached hydrogen (secondary N) is 1. The lowest BCUT2D eigenvalue weighted by atomic mass is 9.99. The van der Waals surface area contributed by atoms with E-state index in [0.717, 1.165) is 46.6 Å². The molecule has 134 valence electrons. The average molecular weight is 358 g/mol. The molecule has 0 atom stereocenters. The second-order valence-electron chi connectivity index (χ2n) is 6.93. The Balaban J connectivity index is 1.48. The van der Waals surface area contributed by atoms with E-state index in [4.69, 9.17) is 0 Å². The first-order valence-electron chi connectivity index (χ1n) is 9.17. The maximum absolute atomic E-state index is 12.4. The van der Waals surface area contributed by atoms with E-state index in [-0.39, 0.29) is 5.91 Å². The molecule has 1 aromatic heterocycles. The highest BCUT2D eigenvalue weighted by Gasteiger charge is 2.17. The summed E-state index contributed by atoms with van der Waals surface area (Å²) in [7, 11) is 0. The van der Waals surface area contributed by atoms with Crippen LogP contribution in [0, 0.1) is 12.8 Å². The maximum atomic E-state index is 12.4. The number of aryl methyl sites for hydroxylation is 1. The number of amides is 1. The zero-order valence-corrected chi connectivity index (χ0v) is 15.9. The number of likely N-dealkylation sites (tertiary alicyclic amines) is 1. The van der Waals surface area contributed by atoms with Crippen molar-refractivity contribution in [2.75, 3.05) is 26.2 Å². The minimum atomic E-state index is 0.00412. The summed E-state index contributed by atoms with van der Waals surface area (Å²) < 4.78 is 0. The maximum Gasteiger partial charge on any atom is 0.263 e. The van der Waals surface area contributed by atoms with Gasteiger partial charge in [-0.05, 0) is 51.7 Å². The number of hydrogen-bond donors (Lipinski definition) is 1. The van der Waals surface area contributed by atoms with E-state index in [2.05, 4.69) is 22.1 Å². The largest absolute Gasteiger partial charge is 0.351 e. The SMILES string of the molecule is Cc1nc(-c2ccccc2)sc1C(=O)NCCCN1CCC(C)CC1. The molecule has 1 fully saturated rings. The predicted molar refractivity (Wildman–Crippen MR) is 104 cm³/mol. The number of thiazole rings is 1. The van der Waals surface area contributed by atoms with E-state index in [1.54, 1.807) is 0 Å². The monoisotopic (exact) mass is 357 g/mol. The topological polar surface area (TPSA) is 45.2 Å². The van der Waals surface area contributed by atoms with Crippen LogP contribution in [-0.4, -0.2) is 42.0 Å². The van der Waals surface area contributed by atoms with Crippen LogP contribution in [0.4, 0.5) is 0 Å². The quantitative estimate of drug-likeness (QED) is 0.796. The van der Waals surface area contributed by atoms with Crippen molar-refractivity contribution in [1.82, 2.24) is 15.2 Å². The van der Waals surface area contributed by atoms with Crippen molar-refractivity contribution in [2.45, 2.75) is 33.1 Å². The Kier molecular flexibility index (Phi) is 6.21. The van der Waals surface area contributed by atoms with Gasteiger partial charge in [-0.2, -0.15) is 0 Å². The van der Waals surface area contributed by atoms with Crippen molar-refractivity contribution in [3.63, 3.8) is 0 Å². The molecule has 1 aliphatic rings. The Labute approximate surface area is 154 Å². The Bertz CT molecular complexity index is 690. The normalized spacial score (nSPS) is 16.1. The molecule has 0 unspecified atom stereocenters. The molecule has 3 rings (SSSR count). The van der Waals surface area contributed by atoms with Crippen LogP contribution in [0.1, 0.15) is 41.6 Å². The van der Waals surface area contributed by atoms with Crippen LogP contribution >= 0.6 is 11.3 Å². The summed E-state index contributed by atoms with van der Waals surface area (Å²) in [5.41, 5.74) is 1.88. The molecule has 1 aromatic carbocycles. The average Bonchev–Trinajstić information content (AvgIpc) is 3.03. The second kappa shape index (κ2) is 8.59. The van der Waals surface area contributed by atoms with E-state index in [1.807, 2.05) is 37.3 Å². The Morgan fingerprint density at radius 1 is 1.28 bits per heavy atom. The Morgan fingerprint density at radius 3 is 2.72 bits per heavy atom. The van der Waals surface area contributed by atoms with E-state index in [1.165, 1.54) is 37.3 Å². The molecule has 5 heteroatoms. The molecule has 0 aliphatic carbocycles. The molecule has 0 radical (unpaired) electrons. The minimum Gasteiger partial charge on any atom is -0.351 e. The number of benzene rings is 1. The number of hydrogen-bond acceptors (Lipinski definition) is 4. The van der Waals surface area contributed by atoms with Crippen LogP contribution in [0.3, 0.4) is 0 Å². The number of carbonyl (C=O) groups is 1. The van der Waals surface area contributed by atoms with Gasteiger partial charge in [-0.25, -0.2) is 4.98 Å². The molecule has 0 bridgehead atoms. The summed E-state index contributed by atoms with van der Waals surface area (Å²) in [6.07, 6.45) is 3.60. The van der Waals surface area contributed by atoms with E-state index in [9.17, 15) is 4.79 Å². The third kappa shape index (κ3) is 4.89. The first kappa shape index (κ1) is 18.1. The Hall–Kier alpha value is -1.72. The first-order chi connectivity index (χ1) is 12.1. The summed E-state index contributed by atoms with van der Waals surface area (Å²) in [6.45, 7) is 8.44. The molecule has 2 heterocycles. The van der Waals surface area contributed by atoms with Gasteiger partial charge < -0.3 is 10.2 Å². The molecule has 1 aliphatic heterocycles. The van der Waals surface area contributed by atoms with Gasteiger partial charge in [-0.3, -0.25) is 4.79 Å². The van der Waals surface area contributed by atoms with Crippen molar-refractivity contribution < 1.29 is 4.79 Å². The van der Waals surface area contributed by atoms with Gasteiger partial charge >= 0.3 is 0 Å². The van der Waals surface area contributed by atoms with Gasteiger partial charge in [-0.1, -0.05) is 37.3 Å². The van der Waals surface area contributed by atoms with Crippen molar-refractivity contribution in [1.29, 1.82) is 0 Å². The predicted octanol–water partition coefficient (Wildman–Crippen LogP) is 3.97. The molecule has 1 N–H and O–H groups in total. The molecular weight excluding hydrogens is 330 g/mol. The van der Waals surface area contributed by atoms with Gasteiger partial charge in [-0.15, -0.1) is 11.3 Å². The van der Waals surface area contributed by atoms with Crippen LogP contribution in [0.15, 0.2) is 30.3 Å². The third-order valence-corrected chi connectivity index (χ3v) is 6.04. The van der Waals surface area contributed by atoms with Crippen molar-refractivity contribution in [3.8, 4) is 10.6 Å². The van der Waals surface area contributed by atoms with Crippen LogP contribution in [0.5, 0.6) is 0 Å². The van der Waals surface area contributed by atoms with Gasteiger partial charge in [0.1, 0.15) is 9.88 Å². The second-order valence-corrected chi connectivity index (χ2v) is 7.93. The molecule has 25 heavy (non-hydrogen) atoms. The van der Waals surface area contributed by atoms with Gasteiger partial charge in [0.25, 0.3) is 5.91 Å². The summed E-state index contributed by atoms with van der Waals surface area (Å²) in [5.74, 6) is 0.869. The van der Waals surface area contributed by atoms with Gasteiger partial charge in [0.15, 0.2) is 0 Å². The molecule has 2 aromatic rings. The summed E-state index contributed by atoms with van der Waals surface area (Å²) in [4.78, 5) is 20.2. The van der Waals surface area contributed by atoms with Crippen molar-refractivity contribution >= 4 is 17.2 Å². The highest BCUT2D eigenvalue weighted by molar-refractivity contribution is 7.17. The molecule has 4 nitrogen and oxygen atoms in total. The molecule has 0 spiro atoms. The third-order valence-electron chi connectivity index (χ3n) is 4.84. The molecule has 0 saturated carbocycles. The van der Waals surface area contributed by atoms with Crippen LogP contribution < -0.4 is 5.32 Å². The van der Waals surface area contributed by atoms with Crippen molar-refractivity contribution in [3.05, 3.63) is 40.9 Å². The van der Waals surface area contributed by atoms with Crippen LogP contribution in [0.25, 0.3) is 10.6 Å². The minimum absolute atomic E-state index is 0.00412. The lowest BCUT2D eigenvalue weighted by Gasteiger charge is -2.30. The zero-order valence-electron chi connectivity index (χ0n) is 15.1. The first-order valence-corrected chi connectivity index (χ1v) is 9.98. The van der Waals surface area contributed by atoms with Gasteiger partial charge in [0, 0.05) is 12.1 Å². The Morgan fingerprint density at radius 2 is 2.00 bits per heavy atom. The zero-order chi connectivity index (χ0) is 17.6. The fourth-order valence-electron chi connectivity index (χ4n) is 3.18. The number of aromatic nitrogens is 1. The van der Waals surface area contributed by atoms with Crippen molar-refractivity contribution in [2.24, 2.45) is 5.92 Å². The summed E-state index contributed by atoms with van der Waals surface area (Å²) >= 11 is 1.47. The number of carbonyl (C=O) groups excluding carboxylic acids is 1. The van der Waals surface area contributed by atoms with Crippen LogP contribution in [-0.2, 0) is 0 Å².